The van der Waals surface area contributed by atoms with E-state index in [1.54, 1.807) is 6.07 Å². The molecule has 0 radical (unpaired) electrons. The zero-order valence-corrected chi connectivity index (χ0v) is 11.4. The monoisotopic (exact) mass is 264 g/mol. The molecular formula is C13H20N4O2. The maximum Gasteiger partial charge on any atom is 0.254 e. The van der Waals surface area contributed by atoms with Crippen molar-refractivity contribution in [3.05, 3.63) is 12.1 Å². The third kappa shape index (κ3) is 3.41. The molecule has 0 aromatic carbocycles. The van der Waals surface area contributed by atoms with E-state index in [2.05, 4.69) is 34.3 Å². The van der Waals surface area contributed by atoms with Crippen LogP contribution in [0.2, 0.25) is 0 Å². The van der Waals surface area contributed by atoms with E-state index >= 15 is 0 Å². The Bertz CT molecular complexity index is 411. The molecule has 1 amide bonds. The predicted octanol–water partition coefficient (Wildman–Crippen LogP) is 1.44. The fourth-order valence-electron chi connectivity index (χ4n) is 2.10. The highest BCUT2D eigenvalue weighted by Gasteiger charge is 2.23. The number of ether oxygens (including phenoxy) is 1. The normalized spacial score (nSPS) is 18.3. The molecule has 1 fully saturated rings. The molecule has 0 bridgehead atoms. The molecule has 1 aliphatic rings. The number of anilines is 2. The first-order valence-electron chi connectivity index (χ1n) is 6.75. The van der Waals surface area contributed by atoms with Crippen LogP contribution in [0.25, 0.3) is 0 Å². The van der Waals surface area contributed by atoms with Crippen molar-refractivity contribution < 1.29 is 9.53 Å². The van der Waals surface area contributed by atoms with Crippen molar-refractivity contribution in [3.63, 3.8) is 0 Å². The molecule has 1 saturated heterocycles. The van der Waals surface area contributed by atoms with Crippen LogP contribution in [-0.2, 0) is 9.53 Å². The Balaban J connectivity index is 1.96. The average Bonchev–Trinajstić information content (AvgIpc) is 2.96. The van der Waals surface area contributed by atoms with Gasteiger partial charge in [-0.1, -0.05) is 0 Å². The summed E-state index contributed by atoms with van der Waals surface area (Å²) in [5.74, 6) is 1.15. The Kier molecular flexibility index (Phi) is 4.68. The second kappa shape index (κ2) is 6.47. The van der Waals surface area contributed by atoms with Crippen LogP contribution in [0.5, 0.6) is 0 Å². The number of hydrogen-bond donors (Lipinski definition) is 1. The Morgan fingerprint density at radius 1 is 1.42 bits per heavy atom. The third-order valence-corrected chi connectivity index (χ3v) is 3.21. The minimum atomic E-state index is -0.343. The van der Waals surface area contributed by atoms with Gasteiger partial charge in [0.05, 0.1) is 0 Å². The summed E-state index contributed by atoms with van der Waals surface area (Å²) in [4.78, 5) is 13.9. The number of rotatable bonds is 5. The van der Waals surface area contributed by atoms with E-state index in [-0.39, 0.29) is 12.0 Å². The van der Waals surface area contributed by atoms with Crippen LogP contribution in [-0.4, -0.2) is 41.9 Å². The van der Waals surface area contributed by atoms with Crippen LogP contribution < -0.4 is 10.2 Å². The van der Waals surface area contributed by atoms with Crippen molar-refractivity contribution in [2.75, 3.05) is 29.9 Å². The van der Waals surface area contributed by atoms with Gasteiger partial charge in [-0.05, 0) is 38.8 Å². The molecule has 1 atom stereocenters. The molecule has 1 N–H and O–H groups in total. The Labute approximate surface area is 113 Å². The fourth-order valence-corrected chi connectivity index (χ4v) is 2.10. The molecule has 2 rings (SSSR count). The molecular weight excluding hydrogens is 244 g/mol. The summed E-state index contributed by atoms with van der Waals surface area (Å²) in [5.41, 5.74) is 0. The van der Waals surface area contributed by atoms with Gasteiger partial charge in [-0.15, -0.1) is 10.2 Å². The summed E-state index contributed by atoms with van der Waals surface area (Å²) in [5, 5.41) is 10.9. The number of hydrogen-bond acceptors (Lipinski definition) is 5. The molecule has 0 spiro atoms. The SMILES string of the molecule is CCN(CC)c1ccc(NC(=O)C2CCCO2)nn1. The Morgan fingerprint density at radius 3 is 2.74 bits per heavy atom. The van der Waals surface area contributed by atoms with Crippen molar-refractivity contribution in [3.8, 4) is 0 Å². The lowest BCUT2D eigenvalue weighted by Crippen LogP contribution is -2.28. The third-order valence-electron chi connectivity index (χ3n) is 3.21. The van der Waals surface area contributed by atoms with Gasteiger partial charge in [-0.2, -0.15) is 0 Å². The number of amides is 1. The summed E-state index contributed by atoms with van der Waals surface area (Å²) in [6.07, 6.45) is 1.37. The Morgan fingerprint density at radius 2 is 2.21 bits per heavy atom. The van der Waals surface area contributed by atoms with E-state index in [1.165, 1.54) is 0 Å². The minimum absolute atomic E-state index is 0.137. The molecule has 104 valence electrons. The first kappa shape index (κ1) is 13.7. The fraction of sp³-hybridized carbons (Fsp3) is 0.615. The zero-order valence-electron chi connectivity index (χ0n) is 11.4. The molecule has 19 heavy (non-hydrogen) atoms. The van der Waals surface area contributed by atoms with E-state index in [0.29, 0.717) is 12.4 Å². The van der Waals surface area contributed by atoms with Gasteiger partial charge in [-0.3, -0.25) is 4.79 Å². The van der Waals surface area contributed by atoms with Gasteiger partial charge < -0.3 is 15.0 Å². The van der Waals surface area contributed by atoms with Crippen LogP contribution in [0, 0.1) is 0 Å². The van der Waals surface area contributed by atoms with Gasteiger partial charge >= 0.3 is 0 Å². The quantitative estimate of drug-likeness (QED) is 0.871. The van der Waals surface area contributed by atoms with E-state index < -0.39 is 0 Å². The lowest BCUT2D eigenvalue weighted by atomic mass is 10.2. The van der Waals surface area contributed by atoms with E-state index in [9.17, 15) is 4.79 Å². The van der Waals surface area contributed by atoms with Gasteiger partial charge in [0.25, 0.3) is 5.91 Å². The van der Waals surface area contributed by atoms with Gasteiger partial charge in [-0.25, -0.2) is 0 Å². The van der Waals surface area contributed by atoms with Gasteiger partial charge in [0.1, 0.15) is 6.10 Å². The number of nitrogens with one attached hydrogen (secondary N) is 1. The molecule has 0 aliphatic carbocycles. The van der Waals surface area contributed by atoms with Crippen LogP contribution in [0.15, 0.2) is 12.1 Å². The van der Waals surface area contributed by atoms with Crippen LogP contribution >= 0.6 is 0 Å². The van der Waals surface area contributed by atoms with Gasteiger partial charge in [0, 0.05) is 19.7 Å². The second-order valence-electron chi connectivity index (χ2n) is 4.44. The first-order chi connectivity index (χ1) is 9.24. The standard InChI is InChI=1S/C13H20N4O2/c1-3-17(4-2)12-8-7-11(15-16-12)14-13(18)10-6-5-9-19-10/h7-8,10H,3-6,9H2,1-2H3,(H,14,15,18). The highest BCUT2D eigenvalue weighted by molar-refractivity contribution is 5.93. The molecule has 1 aromatic rings. The van der Waals surface area contributed by atoms with Crippen molar-refractivity contribution >= 4 is 17.5 Å². The van der Waals surface area contributed by atoms with Gasteiger partial charge in [0.15, 0.2) is 11.6 Å². The smallest absolute Gasteiger partial charge is 0.254 e. The van der Waals surface area contributed by atoms with Crippen molar-refractivity contribution in [1.82, 2.24) is 10.2 Å². The summed E-state index contributed by atoms with van der Waals surface area (Å²) >= 11 is 0. The largest absolute Gasteiger partial charge is 0.368 e. The molecule has 1 unspecified atom stereocenters. The maximum absolute atomic E-state index is 11.8. The summed E-state index contributed by atoms with van der Waals surface area (Å²) < 4.78 is 5.32. The van der Waals surface area contributed by atoms with E-state index in [4.69, 9.17) is 4.74 Å². The molecule has 0 saturated carbocycles. The minimum Gasteiger partial charge on any atom is -0.368 e. The topological polar surface area (TPSA) is 67.4 Å². The molecule has 6 heteroatoms. The predicted molar refractivity (Wildman–Crippen MR) is 73.2 cm³/mol. The average molecular weight is 264 g/mol. The molecule has 1 aliphatic heterocycles. The second-order valence-corrected chi connectivity index (χ2v) is 4.44. The number of carbonyl (C=O) groups excluding carboxylic acids is 1. The summed E-state index contributed by atoms with van der Waals surface area (Å²) in [7, 11) is 0. The Hall–Kier alpha value is -1.69. The van der Waals surface area contributed by atoms with E-state index in [1.807, 2.05) is 6.07 Å². The summed E-state index contributed by atoms with van der Waals surface area (Å²) in [6, 6.07) is 3.64. The zero-order chi connectivity index (χ0) is 13.7. The van der Waals surface area contributed by atoms with Crippen molar-refractivity contribution in [2.24, 2.45) is 0 Å². The number of nitrogens with zero attached hydrogens (tertiary/aromatic N) is 3. The maximum atomic E-state index is 11.8. The highest BCUT2D eigenvalue weighted by atomic mass is 16.5. The van der Waals surface area contributed by atoms with Crippen LogP contribution in [0.4, 0.5) is 11.6 Å². The first-order valence-corrected chi connectivity index (χ1v) is 6.75. The molecule has 6 nitrogen and oxygen atoms in total. The van der Waals surface area contributed by atoms with Crippen molar-refractivity contribution in [1.29, 1.82) is 0 Å². The summed E-state index contributed by atoms with van der Waals surface area (Å²) in [6.45, 7) is 6.56. The van der Waals surface area contributed by atoms with Gasteiger partial charge in [0.2, 0.25) is 0 Å². The van der Waals surface area contributed by atoms with Crippen molar-refractivity contribution in [2.45, 2.75) is 32.8 Å². The highest BCUT2D eigenvalue weighted by Crippen LogP contribution is 2.15. The molecule has 1 aromatic heterocycles. The van der Waals surface area contributed by atoms with E-state index in [0.717, 1.165) is 31.7 Å². The van der Waals surface area contributed by atoms with Crippen LogP contribution in [0.3, 0.4) is 0 Å². The molecule has 2 heterocycles. The number of carbonyl (C=O) groups is 1. The lowest BCUT2D eigenvalue weighted by molar-refractivity contribution is -0.124. The van der Waals surface area contributed by atoms with Crippen LogP contribution in [0.1, 0.15) is 26.7 Å². The lowest BCUT2D eigenvalue weighted by Gasteiger charge is -2.19. The number of aromatic nitrogens is 2.